The van der Waals surface area contributed by atoms with Gasteiger partial charge in [-0.05, 0) is 42.6 Å². The molecule has 0 atom stereocenters. The molecule has 0 radical (unpaired) electrons. The number of hydrogen-bond donors (Lipinski definition) is 2. The van der Waals surface area contributed by atoms with Crippen LogP contribution in [0, 0.1) is 18.6 Å². The molecule has 26 heavy (non-hydrogen) atoms. The maximum Gasteiger partial charge on any atom is 0.419 e. The number of rotatable bonds is 4. The van der Waals surface area contributed by atoms with Crippen molar-refractivity contribution in [1.29, 1.82) is 0 Å². The fourth-order valence-electron chi connectivity index (χ4n) is 2.37. The number of H-pyrrole nitrogens is 1. The lowest BCUT2D eigenvalue weighted by atomic mass is 10.1. The van der Waals surface area contributed by atoms with E-state index in [2.05, 4.69) is 9.71 Å². The third-order valence-electron chi connectivity index (χ3n) is 3.63. The van der Waals surface area contributed by atoms with Crippen molar-refractivity contribution in [2.24, 2.45) is 0 Å². The highest BCUT2D eigenvalue weighted by Crippen LogP contribution is 2.35. The Morgan fingerprint density at radius 1 is 1.00 bits per heavy atom. The molecule has 3 rings (SSSR count). The summed E-state index contributed by atoms with van der Waals surface area (Å²) in [4.78, 5) is 3.73. The van der Waals surface area contributed by atoms with E-state index in [1.165, 1.54) is 0 Å². The van der Waals surface area contributed by atoms with Crippen molar-refractivity contribution < 1.29 is 22.0 Å². The van der Waals surface area contributed by atoms with Gasteiger partial charge in [-0.15, -0.1) is 0 Å². The fourth-order valence-corrected chi connectivity index (χ4v) is 3.05. The van der Waals surface area contributed by atoms with E-state index in [9.17, 15) is 22.0 Å². The summed E-state index contributed by atoms with van der Waals surface area (Å²) < 4.78 is 67.6. The van der Waals surface area contributed by atoms with Gasteiger partial charge in [-0.1, -0.05) is 23.8 Å². The third-order valence-corrected chi connectivity index (χ3v) is 4.42. The van der Waals surface area contributed by atoms with E-state index >= 15 is 0 Å². The van der Waals surface area contributed by atoms with Gasteiger partial charge < -0.3 is 9.71 Å². The van der Waals surface area contributed by atoms with Crippen molar-refractivity contribution >= 4 is 17.6 Å². The Morgan fingerprint density at radius 2 is 1.77 bits per heavy atom. The molecule has 0 unspecified atom stereocenters. The van der Waals surface area contributed by atoms with Gasteiger partial charge in [0.05, 0.1) is 11.3 Å². The highest BCUT2D eigenvalue weighted by atomic mass is 32.2. The Hall–Kier alpha value is -2.48. The monoisotopic (exact) mass is 384 g/mol. The van der Waals surface area contributed by atoms with Gasteiger partial charge >= 0.3 is 6.18 Å². The molecule has 0 saturated heterocycles. The van der Waals surface area contributed by atoms with Crippen molar-refractivity contribution in [2.75, 3.05) is 4.72 Å². The summed E-state index contributed by atoms with van der Waals surface area (Å²) in [6.07, 6.45) is -3.28. The zero-order valence-corrected chi connectivity index (χ0v) is 14.2. The van der Waals surface area contributed by atoms with Crippen molar-refractivity contribution in [1.82, 2.24) is 4.98 Å². The number of nitrogens with one attached hydrogen (secondary N) is 2. The lowest BCUT2D eigenvalue weighted by Crippen LogP contribution is -2.09. The van der Waals surface area contributed by atoms with Crippen LogP contribution in [0.2, 0.25) is 0 Å². The zero-order valence-electron chi connectivity index (χ0n) is 13.4. The van der Waals surface area contributed by atoms with Gasteiger partial charge in [0.15, 0.2) is 0 Å². The van der Waals surface area contributed by atoms with Gasteiger partial charge in [-0.2, -0.15) is 13.2 Å². The van der Waals surface area contributed by atoms with Crippen molar-refractivity contribution in [3.05, 3.63) is 71.4 Å². The van der Waals surface area contributed by atoms with Gasteiger partial charge in [0.2, 0.25) is 0 Å². The minimum atomic E-state index is -4.94. The summed E-state index contributed by atoms with van der Waals surface area (Å²) in [5.41, 5.74) is 0.889. The zero-order chi connectivity index (χ0) is 18.9. The quantitative estimate of drug-likeness (QED) is 0.402. The summed E-state index contributed by atoms with van der Waals surface area (Å²) in [6.45, 7) is 1.96. The summed E-state index contributed by atoms with van der Waals surface area (Å²) >= 11 is 0.960. The largest absolute Gasteiger partial charge is 0.419 e. The van der Waals surface area contributed by atoms with Crippen molar-refractivity contribution in [3.8, 4) is 11.3 Å². The van der Waals surface area contributed by atoms with E-state index in [1.807, 2.05) is 31.2 Å². The number of anilines is 1. The topological polar surface area (TPSA) is 27.8 Å². The maximum atomic E-state index is 13.8. The highest BCUT2D eigenvalue weighted by Gasteiger charge is 2.35. The first kappa shape index (κ1) is 18.3. The van der Waals surface area contributed by atoms with Crippen LogP contribution in [0.5, 0.6) is 0 Å². The Kier molecular flexibility index (Phi) is 4.95. The summed E-state index contributed by atoms with van der Waals surface area (Å²) in [5.74, 6) is -2.71. The average Bonchev–Trinajstić information content (AvgIpc) is 3.03. The molecule has 2 aromatic carbocycles. The molecule has 2 N–H and O–H groups in total. The lowest BCUT2D eigenvalue weighted by molar-refractivity contribution is -0.140. The molecular weight excluding hydrogens is 371 g/mol. The van der Waals surface area contributed by atoms with Gasteiger partial charge in [-0.25, -0.2) is 8.78 Å². The Bertz CT molecular complexity index is 934. The van der Waals surface area contributed by atoms with E-state index < -0.39 is 23.4 Å². The van der Waals surface area contributed by atoms with Gasteiger partial charge in [0, 0.05) is 22.9 Å². The van der Waals surface area contributed by atoms with Crippen LogP contribution in [0.3, 0.4) is 0 Å². The van der Waals surface area contributed by atoms with Crippen LogP contribution in [0.25, 0.3) is 11.3 Å². The van der Waals surface area contributed by atoms with Crippen molar-refractivity contribution in [2.45, 2.75) is 18.0 Å². The molecule has 136 valence electrons. The van der Waals surface area contributed by atoms with E-state index in [-0.39, 0.29) is 11.8 Å². The molecule has 0 aliphatic heterocycles. The predicted octanol–water partition coefficient (Wildman–Crippen LogP) is 6.41. The molecule has 2 nitrogen and oxygen atoms in total. The smallest absolute Gasteiger partial charge is 0.360 e. The first-order valence-corrected chi connectivity index (χ1v) is 8.30. The fraction of sp³-hybridized carbons (Fsp3) is 0.111. The normalized spacial score (nSPS) is 11.6. The van der Waals surface area contributed by atoms with E-state index in [1.54, 1.807) is 12.3 Å². The molecule has 0 amide bonds. The van der Waals surface area contributed by atoms with E-state index in [4.69, 9.17) is 0 Å². The molecule has 0 aliphatic carbocycles. The van der Waals surface area contributed by atoms with Crippen LogP contribution in [0.1, 0.15) is 11.1 Å². The molecule has 0 saturated carbocycles. The molecule has 0 fully saturated rings. The summed E-state index contributed by atoms with van der Waals surface area (Å²) in [7, 11) is 0. The summed E-state index contributed by atoms with van der Waals surface area (Å²) in [5, 5.41) is 0. The predicted molar refractivity (Wildman–Crippen MR) is 91.8 cm³/mol. The van der Waals surface area contributed by atoms with Gasteiger partial charge in [0.25, 0.3) is 0 Å². The van der Waals surface area contributed by atoms with Crippen LogP contribution in [0.15, 0.2) is 53.6 Å². The van der Waals surface area contributed by atoms with Crippen LogP contribution >= 0.6 is 11.9 Å². The first-order chi connectivity index (χ1) is 12.2. The standard InChI is InChI=1S/C18H13F5N2S/c1-10-3-2-4-11(5-10)16-6-12(9-24-16)26-25-17-8-14(19)13(7-15(17)20)18(21,22)23/h2-9,24-25H,1H3. The van der Waals surface area contributed by atoms with E-state index in [0.29, 0.717) is 11.0 Å². The molecule has 8 heteroatoms. The SMILES string of the molecule is Cc1cccc(-c2cc(SNc3cc(F)c(C(F)(F)F)cc3F)c[nH]2)c1. The minimum Gasteiger partial charge on any atom is -0.360 e. The average molecular weight is 384 g/mol. The van der Waals surface area contributed by atoms with Gasteiger partial charge in [0.1, 0.15) is 11.6 Å². The van der Waals surface area contributed by atoms with Crippen LogP contribution < -0.4 is 4.72 Å². The second-order valence-corrected chi connectivity index (χ2v) is 6.51. The van der Waals surface area contributed by atoms with Crippen LogP contribution in [0.4, 0.5) is 27.6 Å². The second-order valence-electron chi connectivity index (χ2n) is 5.63. The number of benzene rings is 2. The number of aromatic amines is 1. The molecule has 0 bridgehead atoms. The van der Waals surface area contributed by atoms with Crippen LogP contribution in [-0.2, 0) is 6.18 Å². The van der Waals surface area contributed by atoms with Crippen LogP contribution in [-0.4, -0.2) is 4.98 Å². The number of alkyl halides is 3. The van der Waals surface area contributed by atoms with Crippen molar-refractivity contribution in [3.63, 3.8) is 0 Å². The maximum absolute atomic E-state index is 13.8. The lowest BCUT2D eigenvalue weighted by Gasteiger charge is -2.11. The molecular formula is C18H13F5N2S. The molecule has 3 aromatic rings. The minimum absolute atomic E-state index is 0.146. The molecule has 1 aromatic heterocycles. The molecule has 0 spiro atoms. The Balaban J connectivity index is 1.75. The number of halogens is 5. The number of aryl methyl sites for hydroxylation is 1. The second kappa shape index (κ2) is 7.03. The Morgan fingerprint density at radius 3 is 2.46 bits per heavy atom. The first-order valence-electron chi connectivity index (χ1n) is 7.48. The van der Waals surface area contributed by atoms with E-state index in [0.717, 1.165) is 28.8 Å². The highest BCUT2D eigenvalue weighted by molar-refractivity contribution is 8.00. The number of aromatic nitrogens is 1. The number of hydrogen-bond acceptors (Lipinski definition) is 2. The Labute approximate surface area is 150 Å². The van der Waals surface area contributed by atoms with Gasteiger partial charge in [-0.3, -0.25) is 0 Å². The summed E-state index contributed by atoms with van der Waals surface area (Å²) in [6, 6.07) is 10.2. The molecule has 0 aliphatic rings. The third kappa shape index (κ3) is 4.01. The molecule has 1 heterocycles.